The van der Waals surface area contributed by atoms with Crippen LogP contribution in [0, 0.1) is 0 Å². The van der Waals surface area contributed by atoms with Crippen LogP contribution < -0.4 is 4.90 Å². The van der Waals surface area contributed by atoms with Gasteiger partial charge in [0.1, 0.15) is 5.58 Å². The lowest BCUT2D eigenvalue weighted by atomic mass is 9.80. The molecule has 9 rings (SSSR count). The molecule has 0 radical (unpaired) electrons. The first-order chi connectivity index (χ1) is 23.8. The Balaban J connectivity index is 1.14. The number of fused-ring (bicyclic) bond motifs is 4. The second kappa shape index (κ2) is 12.4. The van der Waals surface area contributed by atoms with Crippen molar-refractivity contribution in [3.05, 3.63) is 174 Å². The maximum Gasteiger partial charge on any atom is 0.159 e. The SMILES string of the molecule is C1=CC(c2ccc(N(c3cccc4c3oc3cccc(C5=CCCC=C5)c34)C3C=CC(C4CC=Cc5ccccc54)=CC3)cc2)=CCC1. The van der Waals surface area contributed by atoms with Crippen molar-refractivity contribution in [2.75, 3.05) is 4.90 Å². The Morgan fingerprint density at radius 3 is 2.23 bits per heavy atom. The van der Waals surface area contributed by atoms with E-state index in [1.165, 1.54) is 55.4 Å². The lowest BCUT2D eigenvalue weighted by molar-refractivity contribution is 0.663. The number of anilines is 2. The minimum atomic E-state index is 0.144. The first kappa shape index (κ1) is 28.8. The van der Waals surface area contributed by atoms with Gasteiger partial charge in [0.25, 0.3) is 0 Å². The Kier molecular flexibility index (Phi) is 7.43. The van der Waals surface area contributed by atoms with Crippen molar-refractivity contribution in [2.24, 2.45) is 0 Å². The largest absolute Gasteiger partial charge is 0.454 e. The van der Waals surface area contributed by atoms with E-state index in [0.29, 0.717) is 5.92 Å². The van der Waals surface area contributed by atoms with Crippen LogP contribution in [0.5, 0.6) is 0 Å². The zero-order chi connectivity index (χ0) is 31.9. The predicted molar refractivity (Wildman–Crippen MR) is 203 cm³/mol. The molecule has 1 heterocycles. The molecule has 0 saturated heterocycles. The number of hydrogen-bond acceptors (Lipinski definition) is 2. The van der Waals surface area contributed by atoms with E-state index in [-0.39, 0.29) is 6.04 Å². The number of nitrogens with zero attached hydrogens (tertiary/aromatic N) is 1. The number of rotatable bonds is 6. The first-order valence-electron chi connectivity index (χ1n) is 17.5. The van der Waals surface area contributed by atoms with Crippen molar-refractivity contribution in [2.45, 2.75) is 50.5 Å². The fourth-order valence-corrected chi connectivity index (χ4v) is 8.06. The molecule has 0 N–H and O–H groups in total. The lowest BCUT2D eigenvalue weighted by Gasteiger charge is -2.34. The van der Waals surface area contributed by atoms with Crippen LogP contribution in [0.4, 0.5) is 11.4 Å². The van der Waals surface area contributed by atoms with Crippen LogP contribution in [0.3, 0.4) is 0 Å². The van der Waals surface area contributed by atoms with E-state index in [9.17, 15) is 0 Å². The molecule has 48 heavy (non-hydrogen) atoms. The number of allylic oxidation sites excluding steroid dienone is 11. The van der Waals surface area contributed by atoms with Gasteiger partial charge in [0, 0.05) is 22.4 Å². The fourth-order valence-electron chi connectivity index (χ4n) is 8.06. The molecule has 4 aromatic carbocycles. The summed E-state index contributed by atoms with van der Waals surface area (Å²) < 4.78 is 6.82. The molecule has 0 fully saturated rings. The number of furan rings is 1. The second-order valence-corrected chi connectivity index (χ2v) is 13.3. The van der Waals surface area contributed by atoms with E-state index in [1.54, 1.807) is 0 Å². The van der Waals surface area contributed by atoms with Gasteiger partial charge in [-0.15, -0.1) is 0 Å². The maximum absolute atomic E-state index is 6.82. The molecule has 0 bridgehead atoms. The first-order valence-corrected chi connectivity index (χ1v) is 17.5. The third kappa shape index (κ3) is 5.13. The van der Waals surface area contributed by atoms with Crippen molar-refractivity contribution < 1.29 is 4.42 Å². The standard InChI is InChI=1S/C46H39NO/c1-3-12-32(13-4-1)33-24-28-37(29-25-33)47(38-30-26-36(27-31-38)40-19-9-17-34-16-7-8-18-39(34)40)43-22-10-21-42-45-41(35-14-5-2-6-15-35)20-11-23-44(45)48-46(42)43/h3,5,7-18,20-30,38,40H,1-2,4,6,19,31H2. The third-order valence-electron chi connectivity index (χ3n) is 10.4. The third-order valence-corrected chi connectivity index (χ3v) is 10.4. The highest BCUT2D eigenvalue weighted by Gasteiger charge is 2.27. The molecule has 0 amide bonds. The Labute approximate surface area is 283 Å². The molecule has 2 nitrogen and oxygen atoms in total. The molecule has 234 valence electrons. The Bertz CT molecular complexity index is 2250. The highest BCUT2D eigenvalue weighted by molar-refractivity contribution is 6.14. The molecule has 0 aliphatic heterocycles. The molecule has 0 saturated carbocycles. The summed E-state index contributed by atoms with van der Waals surface area (Å²) in [5, 5.41) is 2.36. The zero-order valence-electron chi connectivity index (χ0n) is 27.2. The smallest absolute Gasteiger partial charge is 0.159 e. The predicted octanol–water partition coefficient (Wildman–Crippen LogP) is 12.6. The highest BCUT2D eigenvalue weighted by atomic mass is 16.3. The zero-order valence-corrected chi connectivity index (χ0v) is 27.2. The van der Waals surface area contributed by atoms with Crippen molar-refractivity contribution in [1.29, 1.82) is 0 Å². The summed E-state index contributed by atoms with van der Waals surface area (Å²) in [7, 11) is 0. The van der Waals surface area contributed by atoms with Gasteiger partial charge in [0.15, 0.2) is 5.58 Å². The summed E-state index contributed by atoms with van der Waals surface area (Å²) in [6.07, 6.45) is 32.0. The van der Waals surface area contributed by atoms with E-state index in [2.05, 4.69) is 157 Å². The van der Waals surface area contributed by atoms with Gasteiger partial charge in [-0.25, -0.2) is 0 Å². The van der Waals surface area contributed by atoms with E-state index >= 15 is 0 Å². The van der Waals surface area contributed by atoms with Crippen LogP contribution >= 0.6 is 0 Å². The fraction of sp³-hybridized carbons (Fsp3) is 0.174. The highest BCUT2D eigenvalue weighted by Crippen LogP contribution is 2.44. The topological polar surface area (TPSA) is 16.4 Å². The minimum Gasteiger partial charge on any atom is -0.454 e. The summed E-state index contributed by atoms with van der Waals surface area (Å²) in [5.41, 5.74) is 13.4. The molecule has 2 unspecified atom stereocenters. The summed E-state index contributed by atoms with van der Waals surface area (Å²) in [5.74, 6) is 0.397. The molecule has 4 aliphatic carbocycles. The Hall–Kier alpha value is -5.34. The Morgan fingerprint density at radius 1 is 0.625 bits per heavy atom. The molecular formula is C46H39NO. The van der Waals surface area contributed by atoms with Gasteiger partial charge in [0.05, 0.1) is 11.7 Å². The van der Waals surface area contributed by atoms with Crippen LogP contribution in [-0.4, -0.2) is 6.04 Å². The van der Waals surface area contributed by atoms with Crippen molar-refractivity contribution in [3.8, 4) is 0 Å². The summed E-state index contributed by atoms with van der Waals surface area (Å²) >= 11 is 0. The van der Waals surface area contributed by atoms with Crippen LogP contribution in [0.25, 0.3) is 39.2 Å². The quantitative estimate of drug-likeness (QED) is 0.188. The molecule has 2 heteroatoms. The maximum atomic E-state index is 6.82. The van der Waals surface area contributed by atoms with Crippen LogP contribution in [0.15, 0.2) is 156 Å². The summed E-state index contributed by atoms with van der Waals surface area (Å²) in [4.78, 5) is 2.50. The van der Waals surface area contributed by atoms with Gasteiger partial charge >= 0.3 is 0 Å². The van der Waals surface area contributed by atoms with Gasteiger partial charge in [-0.05, 0) is 102 Å². The van der Waals surface area contributed by atoms with Crippen LogP contribution in [-0.2, 0) is 0 Å². The van der Waals surface area contributed by atoms with Gasteiger partial charge in [-0.3, -0.25) is 0 Å². The van der Waals surface area contributed by atoms with Gasteiger partial charge in [0.2, 0.25) is 0 Å². The second-order valence-electron chi connectivity index (χ2n) is 13.3. The van der Waals surface area contributed by atoms with Crippen molar-refractivity contribution in [3.63, 3.8) is 0 Å². The monoisotopic (exact) mass is 621 g/mol. The average molecular weight is 622 g/mol. The minimum absolute atomic E-state index is 0.144. The van der Waals surface area contributed by atoms with Gasteiger partial charge < -0.3 is 9.32 Å². The molecule has 1 aromatic heterocycles. The summed E-state index contributed by atoms with van der Waals surface area (Å²) in [6, 6.07) is 31.3. The Morgan fingerprint density at radius 2 is 1.44 bits per heavy atom. The van der Waals surface area contributed by atoms with Gasteiger partial charge in [-0.2, -0.15) is 0 Å². The number of benzene rings is 4. The number of para-hydroxylation sites is 1. The van der Waals surface area contributed by atoms with Gasteiger partial charge in [-0.1, -0.05) is 127 Å². The molecule has 4 aliphatic rings. The van der Waals surface area contributed by atoms with Crippen LogP contribution in [0.2, 0.25) is 0 Å². The van der Waals surface area contributed by atoms with E-state index in [4.69, 9.17) is 4.42 Å². The van der Waals surface area contributed by atoms with Crippen LogP contribution in [0.1, 0.15) is 66.7 Å². The van der Waals surface area contributed by atoms with Crippen molar-refractivity contribution >= 4 is 50.5 Å². The number of hydrogen-bond donors (Lipinski definition) is 0. The van der Waals surface area contributed by atoms with E-state index in [0.717, 1.165) is 55.4 Å². The van der Waals surface area contributed by atoms with E-state index < -0.39 is 0 Å². The van der Waals surface area contributed by atoms with Crippen molar-refractivity contribution in [1.82, 2.24) is 0 Å². The lowest BCUT2D eigenvalue weighted by Crippen LogP contribution is -2.30. The normalized spacial score (nSPS) is 20.0. The average Bonchev–Trinajstić information content (AvgIpc) is 3.56. The summed E-state index contributed by atoms with van der Waals surface area (Å²) in [6.45, 7) is 0. The molecular weight excluding hydrogens is 583 g/mol. The van der Waals surface area contributed by atoms with E-state index in [1.807, 2.05) is 0 Å². The molecule has 2 atom stereocenters. The molecule has 0 spiro atoms. The molecule has 5 aromatic rings.